The molecule has 1 aliphatic carbocycles. The third-order valence-electron chi connectivity index (χ3n) is 3.86. The molecule has 4 nitrogen and oxygen atoms in total. The molecule has 1 amide bonds. The largest absolute Gasteiger partial charge is 0.389 e. The molecular weight excluding hydrogens is 252 g/mol. The molecule has 2 rings (SSSR count). The fourth-order valence-corrected chi connectivity index (χ4v) is 2.93. The maximum absolute atomic E-state index is 11.8. The Hall–Kier alpha value is -1.39. The van der Waals surface area contributed by atoms with Crippen LogP contribution in [-0.2, 0) is 4.79 Å². The van der Waals surface area contributed by atoms with E-state index in [1.807, 2.05) is 30.3 Å². The Balaban J connectivity index is 1.71. The lowest BCUT2D eigenvalue weighted by atomic mass is 9.79. The van der Waals surface area contributed by atoms with E-state index in [-0.39, 0.29) is 12.5 Å². The highest BCUT2D eigenvalue weighted by atomic mass is 16.3. The maximum Gasteiger partial charge on any atom is 0.238 e. The molecule has 4 heteroatoms. The van der Waals surface area contributed by atoms with Crippen LogP contribution < -0.4 is 10.6 Å². The van der Waals surface area contributed by atoms with Gasteiger partial charge >= 0.3 is 0 Å². The van der Waals surface area contributed by atoms with Gasteiger partial charge in [0.05, 0.1) is 12.1 Å². The Morgan fingerprint density at radius 2 is 2.15 bits per heavy atom. The minimum Gasteiger partial charge on any atom is -0.389 e. The van der Waals surface area contributed by atoms with Crippen molar-refractivity contribution in [3.05, 3.63) is 30.3 Å². The first-order chi connectivity index (χ1) is 9.57. The SMILES string of the molecule is CC1CCCC(O)(CNCC(=O)Nc2ccccc2)C1. The Labute approximate surface area is 120 Å². The van der Waals surface area contributed by atoms with Crippen molar-refractivity contribution in [2.45, 2.75) is 38.2 Å². The lowest BCUT2D eigenvalue weighted by Crippen LogP contribution is -2.45. The van der Waals surface area contributed by atoms with E-state index in [1.54, 1.807) is 0 Å². The number of carbonyl (C=O) groups excluding carboxylic acids is 1. The van der Waals surface area contributed by atoms with Crippen LogP contribution in [0.3, 0.4) is 0 Å². The second-order valence-electron chi connectivity index (χ2n) is 5.94. The number of carbonyl (C=O) groups is 1. The summed E-state index contributed by atoms with van der Waals surface area (Å²) in [6.45, 7) is 2.89. The van der Waals surface area contributed by atoms with Crippen molar-refractivity contribution in [2.24, 2.45) is 5.92 Å². The Bertz CT molecular complexity index is 435. The molecule has 1 aromatic rings. The topological polar surface area (TPSA) is 61.4 Å². The van der Waals surface area contributed by atoms with Crippen LogP contribution in [0.25, 0.3) is 0 Å². The summed E-state index contributed by atoms with van der Waals surface area (Å²) in [5.41, 5.74) is 0.148. The van der Waals surface area contributed by atoms with Crippen LogP contribution in [0.4, 0.5) is 5.69 Å². The minimum absolute atomic E-state index is 0.0799. The number of amides is 1. The average molecular weight is 276 g/mol. The van der Waals surface area contributed by atoms with Crippen LogP contribution in [0, 0.1) is 5.92 Å². The molecule has 0 bridgehead atoms. The van der Waals surface area contributed by atoms with Gasteiger partial charge in [-0.15, -0.1) is 0 Å². The molecule has 0 radical (unpaired) electrons. The van der Waals surface area contributed by atoms with Crippen LogP contribution in [0.5, 0.6) is 0 Å². The van der Waals surface area contributed by atoms with Gasteiger partial charge in [-0.2, -0.15) is 0 Å². The van der Waals surface area contributed by atoms with Crippen molar-refractivity contribution in [1.29, 1.82) is 0 Å². The van der Waals surface area contributed by atoms with Gasteiger partial charge in [0, 0.05) is 12.2 Å². The first-order valence-electron chi connectivity index (χ1n) is 7.35. The number of hydrogen-bond donors (Lipinski definition) is 3. The number of nitrogens with one attached hydrogen (secondary N) is 2. The molecule has 0 spiro atoms. The van der Waals surface area contributed by atoms with Crippen LogP contribution in [0.1, 0.15) is 32.6 Å². The standard InChI is InChI=1S/C16H24N2O2/c1-13-6-5-9-16(20,10-13)12-17-11-15(19)18-14-7-3-2-4-8-14/h2-4,7-8,13,17,20H,5-6,9-12H2,1H3,(H,18,19). The fraction of sp³-hybridized carbons (Fsp3) is 0.562. The molecule has 2 atom stereocenters. The van der Waals surface area contributed by atoms with Gasteiger partial charge < -0.3 is 15.7 Å². The number of aliphatic hydroxyl groups is 1. The fourth-order valence-electron chi connectivity index (χ4n) is 2.93. The van der Waals surface area contributed by atoms with Gasteiger partial charge in [0.2, 0.25) is 5.91 Å². The highest BCUT2D eigenvalue weighted by molar-refractivity contribution is 5.92. The van der Waals surface area contributed by atoms with Crippen molar-refractivity contribution in [3.8, 4) is 0 Å². The zero-order valence-electron chi connectivity index (χ0n) is 12.1. The van der Waals surface area contributed by atoms with Crippen molar-refractivity contribution in [2.75, 3.05) is 18.4 Å². The van der Waals surface area contributed by atoms with E-state index in [4.69, 9.17) is 0 Å². The monoisotopic (exact) mass is 276 g/mol. The van der Waals surface area contributed by atoms with Gasteiger partial charge in [-0.25, -0.2) is 0 Å². The predicted octanol–water partition coefficient (Wildman–Crippen LogP) is 2.16. The number of anilines is 1. The van der Waals surface area contributed by atoms with Crippen LogP contribution in [0.15, 0.2) is 30.3 Å². The summed E-state index contributed by atoms with van der Waals surface area (Å²) in [4.78, 5) is 11.8. The highest BCUT2D eigenvalue weighted by Gasteiger charge is 2.32. The van der Waals surface area contributed by atoms with Gasteiger partial charge in [0.15, 0.2) is 0 Å². The van der Waals surface area contributed by atoms with Gasteiger partial charge in [-0.05, 0) is 30.9 Å². The second kappa shape index (κ2) is 6.86. The summed E-state index contributed by atoms with van der Waals surface area (Å²) >= 11 is 0. The predicted molar refractivity (Wildman–Crippen MR) is 80.5 cm³/mol. The zero-order valence-corrected chi connectivity index (χ0v) is 12.1. The molecule has 1 saturated carbocycles. The lowest BCUT2D eigenvalue weighted by molar-refractivity contribution is -0.115. The Kier molecular flexibility index (Phi) is 5.15. The summed E-state index contributed by atoms with van der Waals surface area (Å²) in [7, 11) is 0. The van der Waals surface area contributed by atoms with Crippen LogP contribution in [0.2, 0.25) is 0 Å². The molecule has 1 aromatic carbocycles. The molecule has 110 valence electrons. The number of benzene rings is 1. The Morgan fingerprint density at radius 3 is 2.85 bits per heavy atom. The van der Waals surface area contributed by atoms with E-state index in [1.165, 1.54) is 6.42 Å². The molecule has 0 aliphatic heterocycles. The highest BCUT2D eigenvalue weighted by Crippen LogP contribution is 2.31. The van der Waals surface area contributed by atoms with Crippen LogP contribution >= 0.6 is 0 Å². The van der Waals surface area contributed by atoms with Crippen molar-refractivity contribution in [3.63, 3.8) is 0 Å². The molecule has 20 heavy (non-hydrogen) atoms. The first kappa shape index (κ1) is 15.0. The smallest absolute Gasteiger partial charge is 0.238 e. The quantitative estimate of drug-likeness (QED) is 0.772. The molecule has 1 fully saturated rings. The molecule has 0 saturated heterocycles. The number of para-hydroxylation sites is 1. The van der Waals surface area contributed by atoms with Crippen molar-refractivity contribution < 1.29 is 9.90 Å². The number of hydrogen-bond acceptors (Lipinski definition) is 3. The normalized spacial score (nSPS) is 26.2. The minimum atomic E-state index is -0.648. The van der Waals surface area contributed by atoms with Crippen molar-refractivity contribution >= 4 is 11.6 Å². The van der Waals surface area contributed by atoms with Gasteiger partial charge in [-0.3, -0.25) is 4.79 Å². The summed E-state index contributed by atoms with van der Waals surface area (Å²) in [5, 5.41) is 16.3. The van der Waals surface area contributed by atoms with Gasteiger partial charge in [0.1, 0.15) is 0 Å². The van der Waals surface area contributed by atoms with Crippen LogP contribution in [-0.4, -0.2) is 29.7 Å². The van der Waals surface area contributed by atoms with E-state index < -0.39 is 5.60 Å². The van der Waals surface area contributed by atoms with E-state index >= 15 is 0 Å². The van der Waals surface area contributed by atoms with E-state index in [0.717, 1.165) is 24.9 Å². The molecule has 0 heterocycles. The Morgan fingerprint density at radius 1 is 1.40 bits per heavy atom. The van der Waals surface area contributed by atoms with E-state index in [2.05, 4.69) is 17.6 Å². The third kappa shape index (κ3) is 4.62. The van der Waals surface area contributed by atoms with E-state index in [9.17, 15) is 9.90 Å². The second-order valence-corrected chi connectivity index (χ2v) is 5.94. The first-order valence-corrected chi connectivity index (χ1v) is 7.35. The summed E-state index contributed by atoms with van der Waals surface area (Å²) in [6.07, 6.45) is 3.90. The molecule has 1 aliphatic rings. The van der Waals surface area contributed by atoms with E-state index in [0.29, 0.717) is 12.5 Å². The molecule has 0 aromatic heterocycles. The zero-order chi connectivity index (χ0) is 14.4. The maximum atomic E-state index is 11.8. The lowest BCUT2D eigenvalue weighted by Gasteiger charge is -2.35. The van der Waals surface area contributed by atoms with Gasteiger partial charge in [0.25, 0.3) is 0 Å². The number of rotatable bonds is 5. The summed E-state index contributed by atoms with van der Waals surface area (Å²) < 4.78 is 0. The van der Waals surface area contributed by atoms with Crippen molar-refractivity contribution in [1.82, 2.24) is 5.32 Å². The summed E-state index contributed by atoms with van der Waals surface area (Å²) in [6, 6.07) is 9.39. The summed E-state index contributed by atoms with van der Waals surface area (Å²) in [5.74, 6) is 0.484. The molecule has 2 unspecified atom stereocenters. The molecular formula is C16H24N2O2. The third-order valence-corrected chi connectivity index (χ3v) is 3.86. The average Bonchev–Trinajstić information content (AvgIpc) is 2.39. The van der Waals surface area contributed by atoms with Gasteiger partial charge in [-0.1, -0.05) is 38.0 Å². The molecule has 3 N–H and O–H groups in total.